The first kappa shape index (κ1) is 16.0. The summed E-state index contributed by atoms with van der Waals surface area (Å²) in [6.45, 7) is 1.66. The summed E-state index contributed by atoms with van der Waals surface area (Å²) in [5.74, 6) is -0.253. The molecule has 0 amide bonds. The van der Waals surface area contributed by atoms with Crippen LogP contribution in [0.4, 0.5) is 0 Å². The predicted molar refractivity (Wildman–Crippen MR) is 89.3 cm³/mol. The molecule has 3 rings (SSSR count). The summed E-state index contributed by atoms with van der Waals surface area (Å²) in [5.41, 5.74) is 0.544. The van der Waals surface area contributed by atoms with Gasteiger partial charge in [0.15, 0.2) is 0 Å². The minimum atomic E-state index is -1.33. The zero-order valence-electron chi connectivity index (χ0n) is 13.6. The Hall–Kier alpha value is -2.86. The molecular weight excluding hydrogens is 308 g/mol. The van der Waals surface area contributed by atoms with Gasteiger partial charge in [-0.05, 0) is 24.6 Å². The molecule has 0 radical (unpaired) electrons. The summed E-state index contributed by atoms with van der Waals surface area (Å²) in [5, 5.41) is 20.3. The Balaban J connectivity index is 2.27. The first-order chi connectivity index (χ1) is 11.4. The van der Waals surface area contributed by atoms with Crippen LogP contribution in [0.1, 0.15) is 28.7 Å². The molecule has 1 atom stereocenters. The Morgan fingerprint density at radius 2 is 1.92 bits per heavy atom. The molecule has 24 heavy (non-hydrogen) atoms. The second kappa shape index (κ2) is 5.65. The topological polar surface area (TPSA) is 84.6 Å². The van der Waals surface area contributed by atoms with Crippen LogP contribution in [0.2, 0.25) is 0 Å². The molecule has 1 unspecified atom stereocenters. The molecule has 3 aromatic rings. The molecule has 124 valence electrons. The van der Waals surface area contributed by atoms with Gasteiger partial charge < -0.3 is 19.5 Å². The van der Waals surface area contributed by atoms with E-state index in [1.807, 2.05) is 30.3 Å². The van der Waals surface area contributed by atoms with Crippen molar-refractivity contribution in [2.75, 3.05) is 7.11 Å². The van der Waals surface area contributed by atoms with E-state index in [2.05, 4.69) is 4.98 Å². The van der Waals surface area contributed by atoms with Gasteiger partial charge in [-0.1, -0.05) is 30.3 Å². The molecule has 2 aromatic carbocycles. The number of carboxylic acid groups (broad SMARTS) is 1. The van der Waals surface area contributed by atoms with Gasteiger partial charge in [-0.3, -0.25) is 0 Å². The van der Waals surface area contributed by atoms with E-state index >= 15 is 0 Å². The summed E-state index contributed by atoms with van der Waals surface area (Å²) < 4.78 is 7.05. The second-order valence-corrected chi connectivity index (χ2v) is 5.78. The SMILES string of the molecule is COc1cc(C(=O)O)cc2nc(C(C)(O)c3ccccc3)n(C)c12. The van der Waals surface area contributed by atoms with Crippen molar-refractivity contribution in [3.63, 3.8) is 0 Å². The smallest absolute Gasteiger partial charge is 0.335 e. The van der Waals surface area contributed by atoms with Gasteiger partial charge in [0, 0.05) is 7.05 Å². The Morgan fingerprint density at radius 1 is 1.25 bits per heavy atom. The van der Waals surface area contributed by atoms with E-state index in [9.17, 15) is 15.0 Å². The lowest BCUT2D eigenvalue weighted by Gasteiger charge is -2.23. The number of nitrogens with zero attached hydrogens (tertiary/aromatic N) is 2. The zero-order chi connectivity index (χ0) is 17.5. The molecule has 6 heteroatoms. The number of fused-ring (bicyclic) bond motifs is 1. The third-order valence-electron chi connectivity index (χ3n) is 4.17. The molecule has 1 heterocycles. The average Bonchev–Trinajstić information content (AvgIpc) is 2.92. The number of aliphatic hydroxyl groups is 1. The van der Waals surface area contributed by atoms with Crippen molar-refractivity contribution in [1.29, 1.82) is 0 Å². The minimum absolute atomic E-state index is 0.0864. The van der Waals surface area contributed by atoms with Gasteiger partial charge in [0.25, 0.3) is 0 Å². The van der Waals surface area contributed by atoms with Crippen molar-refractivity contribution in [2.45, 2.75) is 12.5 Å². The normalized spacial score (nSPS) is 13.7. The summed E-state index contributed by atoms with van der Waals surface area (Å²) in [4.78, 5) is 15.8. The molecule has 2 N–H and O–H groups in total. The molecule has 0 aliphatic rings. The molecule has 0 aliphatic carbocycles. The van der Waals surface area contributed by atoms with Gasteiger partial charge in [-0.25, -0.2) is 9.78 Å². The lowest BCUT2D eigenvalue weighted by Crippen LogP contribution is -2.26. The molecule has 0 saturated carbocycles. The van der Waals surface area contributed by atoms with Gasteiger partial charge in [-0.15, -0.1) is 0 Å². The number of rotatable bonds is 4. The standard InChI is InChI=1S/C18H18N2O4/c1-18(23,12-7-5-4-6-8-12)17-19-13-9-11(16(21)22)10-14(24-3)15(13)20(17)2/h4-10,23H,1-3H3,(H,21,22). The summed E-state index contributed by atoms with van der Waals surface area (Å²) in [7, 11) is 3.24. The monoisotopic (exact) mass is 326 g/mol. The van der Waals surface area contributed by atoms with Crippen molar-refractivity contribution >= 4 is 17.0 Å². The van der Waals surface area contributed by atoms with Crippen molar-refractivity contribution in [3.05, 3.63) is 59.4 Å². The Kier molecular flexibility index (Phi) is 3.77. The van der Waals surface area contributed by atoms with Gasteiger partial charge in [0.1, 0.15) is 22.7 Å². The van der Waals surface area contributed by atoms with Crippen LogP contribution in [0.15, 0.2) is 42.5 Å². The number of carboxylic acids is 1. The Bertz CT molecular complexity index is 914. The molecule has 0 aliphatic heterocycles. The molecule has 6 nitrogen and oxygen atoms in total. The number of hydrogen-bond acceptors (Lipinski definition) is 4. The van der Waals surface area contributed by atoms with E-state index in [1.54, 1.807) is 18.5 Å². The molecular formula is C18H18N2O4. The summed E-state index contributed by atoms with van der Waals surface area (Å²) >= 11 is 0. The number of hydrogen-bond donors (Lipinski definition) is 2. The summed E-state index contributed by atoms with van der Waals surface area (Å²) in [6, 6.07) is 12.1. The molecule has 0 saturated heterocycles. The number of imidazole rings is 1. The number of aromatic carboxylic acids is 1. The maximum Gasteiger partial charge on any atom is 0.335 e. The third kappa shape index (κ3) is 2.41. The lowest BCUT2D eigenvalue weighted by atomic mass is 9.95. The van der Waals surface area contributed by atoms with Crippen LogP contribution >= 0.6 is 0 Å². The highest BCUT2D eigenvalue weighted by Crippen LogP contribution is 2.34. The largest absolute Gasteiger partial charge is 0.494 e. The maximum atomic E-state index is 11.3. The number of ether oxygens (including phenoxy) is 1. The Labute approximate surface area is 138 Å². The quantitative estimate of drug-likeness (QED) is 0.769. The fraction of sp³-hybridized carbons (Fsp3) is 0.222. The summed E-state index contributed by atoms with van der Waals surface area (Å²) in [6.07, 6.45) is 0. The van der Waals surface area contributed by atoms with Gasteiger partial charge in [0.2, 0.25) is 0 Å². The fourth-order valence-electron chi connectivity index (χ4n) is 2.92. The van der Waals surface area contributed by atoms with Gasteiger partial charge in [0.05, 0.1) is 18.2 Å². The van der Waals surface area contributed by atoms with Crippen LogP contribution in [-0.4, -0.2) is 32.8 Å². The minimum Gasteiger partial charge on any atom is -0.494 e. The number of aryl methyl sites for hydroxylation is 1. The van der Waals surface area contributed by atoms with Crippen molar-refractivity contribution in [2.24, 2.45) is 7.05 Å². The molecule has 0 fully saturated rings. The molecule has 1 aromatic heterocycles. The fourth-order valence-corrected chi connectivity index (χ4v) is 2.92. The highest BCUT2D eigenvalue weighted by molar-refractivity contribution is 5.95. The first-order valence-corrected chi connectivity index (χ1v) is 7.42. The van der Waals surface area contributed by atoms with Crippen molar-refractivity contribution in [1.82, 2.24) is 9.55 Å². The van der Waals surface area contributed by atoms with Crippen LogP contribution in [0.5, 0.6) is 5.75 Å². The number of carbonyl (C=O) groups is 1. The maximum absolute atomic E-state index is 11.3. The van der Waals surface area contributed by atoms with Crippen LogP contribution in [0.3, 0.4) is 0 Å². The van der Waals surface area contributed by atoms with Crippen LogP contribution < -0.4 is 4.74 Å². The predicted octanol–water partition coefficient (Wildman–Crippen LogP) is 2.54. The third-order valence-corrected chi connectivity index (χ3v) is 4.17. The van der Waals surface area contributed by atoms with E-state index in [1.165, 1.54) is 19.2 Å². The number of benzene rings is 2. The second-order valence-electron chi connectivity index (χ2n) is 5.78. The van der Waals surface area contributed by atoms with Crippen LogP contribution in [-0.2, 0) is 12.6 Å². The van der Waals surface area contributed by atoms with Crippen LogP contribution in [0.25, 0.3) is 11.0 Å². The van der Waals surface area contributed by atoms with Crippen molar-refractivity contribution in [3.8, 4) is 5.75 Å². The number of aromatic nitrogens is 2. The van der Waals surface area contributed by atoms with Gasteiger partial charge >= 0.3 is 5.97 Å². The van der Waals surface area contributed by atoms with E-state index in [4.69, 9.17) is 4.74 Å². The van der Waals surface area contributed by atoms with Gasteiger partial charge in [-0.2, -0.15) is 0 Å². The van der Waals surface area contributed by atoms with E-state index in [0.717, 1.165) is 0 Å². The molecule has 0 spiro atoms. The number of methoxy groups -OCH3 is 1. The molecule has 0 bridgehead atoms. The Morgan fingerprint density at radius 3 is 2.50 bits per heavy atom. The highest BCUT2D eigenvalue weighted by atomic mass is 16.5. The van der Waals surface area contributed by atoms with Crippen LogP contribution in [0, 0.1) is 0 Å². The lowest BCUT2D eigenvalue weighted by molar-refractivity contribution is 0.0696. The average molecular weight is 326 g/mol. The van der Waals surface area contributed by atoms with E-state index in [0.29, 0.717) is 28.2 Å². The highest BCUT2D eigenvalue weighted by Gasteiger charge is 2.32. The van der Waals surface area contributed by atoms with E-state index < -0.39 is 11.6 Å². The first-order valence-electron chi connectivity index (χ1n) is 7.42. The zero-order valence-corrected chi connectivity index (χ0v) is 13.6. The van der Waals surface area contributed by atoms with Crippen molar-refractivity contribution < 1.29 is 19.7 Å². The van der Waals surface area contributed by atoms with E-state index in [-0.39, 0.29) is 5.56 Å².